The summed E-state index contributed by atoms with van der Waals surface area (Å²) in [4.78, 5) is 24.5. The summed E-state index contributed by atoms with van der Waals surface area (Å²) in [5.74, 6) is -1.85. The van der Waals surface area contributed by atoms with Gasteiger partial charge in [-0.15, -0.1) is 0 Å². The van der Waals surface area contributed by atoms with Crippen molar-refractivity contribution in [2.45, 2.75) is 6.54 Å². The zero-order valence-electron chi connectivity index (χ0n) is 11.2. The predicted molar refractivity (Wildman–Crippen MR) is 78.2 cm³/mol. The fourth-order valence-electron chi connectivity index (χ4n) is 1.75. The van der Waals surface area contributed by atoms with E-state index in [1.54, 1.807) is 7.05 Å². The maximum Gasteiger partial charge on any atom is 0.337 e. The van der Waals surface area contributed by atoms with E-state index >= 15 is 0 Å². The van der Waals surface area contributed by atoms with E-state index in [9.17, 15) is 14.0 Å². The Morgan fingerprint density at radius 2 is 2.14 bits per heavy atom. The Morgan fingerprint density at radius 3 is 2.76 bits per heavy atom. The number of carboxylic acids is 1. The molecule has 2 N–H and O–H groups in total. The lowest BCUT2D eigenvalue weighted by atomic mass is 10.2. The van der Waals surface area contributed by atoms with Crippen LogP contribution in [0.15, 0.2) is 35.0 Å². The quantitative estimate of drug-likeness (QED) is 0.911. The largest absolute Gasteiger partial charge is 0.478 e. The lowest BCUT2D eigenvalue weighted by molar-refractivity contribution is 0.0698. The van der Waals surface area contributed by atoms with Crippen LogP contribution in [-0.2, 0) is 6.54 Å². The summed E-state index contributed by atoms with van der Waals surface area (Å²) in [5, 5.41) is 15.3. The summed E-state index contributed by atoms with van der Waals surface area (Å²) < 4.78 is 13.2. The van der Waals surface area contributed by atoms with Crippen molar-refractivity contribution >= 4 is 29.0 Å². The minimum Gasteiger partial charge on any atom is -0.478 e. The molecule has 0 bridgehead atoms. The van der Waals surface area contributed by atoms with Crippen molar-refractivity contribution in [1.82, 2.24) is 4.90 Å². The third-order valence-electron chi connectivity index (χ3n) is 2.80. The number of thiophene rings is 1. The molecule has 2 amide bonds. The molecule has 0 saturated heterocycles. The Hall–Kier alpha value is -2.41. The molecule has 2 rings (SSSR count). The molecule has 110 valence electrons. The number of carbonyl (C=O) groups excluding carboxylic acids is 1. The van der Waals surface area contributed by atoms with Gasteiger partial charge in [0, 0.05) is 13.6 Å². The van der Waals surface area contributed by atoms with Gasteiger partial charge in [0.15, 0.2) is 0 Å². The summed E-state index contributed by atoms with van der Waals surface area (Å²) >= 11 is 1.52. The van der Waals surface area contributed by atoms with Crippen LogP contribution >= 0.6 is 11.3 Å². The van der Waals surface area contributed by atoms with Crippen molar-refractivity contribution < 1.29 is 19.1 Å². The standard InChI is InChI=1S/C14H13FN2O3S/c1-17(7-9-4-5-21-8-9)14(20)16-12-6-10(15)2-3-11(12)13(18)19/h2-6,8H,7H2,1H3,(H,16,20)(H,18,19). The molecule has 2 aromatic rings. The highest BCUT2D eigenvalue weighted by molar-refractivity contribution is 7.07. The molecule has 0 spiro atoms. The first-order chi connectivity index (χ1) is 9.97. The zero-order chi connectivity index (χ0) is 15.4. The zero-order valence-corrected chi connectivity index (χ0v) is 12.0. The highest BCUT2D eigenvalue weighted by atomic mass is 32.1. The van der Waals surface area contributed by atoms with Crippen molar-refractivity contribution in [3.63, 3.8) is 0 Å². The average molecular weight is 308 g/mol. The second kappa shape index (κ2) is 6.36. The molecule has 0 atom stereocenters. The first kappa shape index (κ1) is 15.0. The number of halogens is 1. The number of nitrogens with zero attached hydrogens (tertiary/aromatic N) is 1. The van der Waals surface area contributed by atoms with Gasteiger partial charge in [-0.2, -0.15) is 11.3 Å². The number of aromatic carboxylic acids is 1. The Labute approximate surface area is 124 Å². The van der Waals surface area contributed by atoms with Crippen LogP contribution < -0.4 is 5.32 Å². The number of carboxylic acid groups (broad SMARTS) is 1. The highest BCUT2D eigenvalue weighted by Gasteiger charge is 2.16. The number of anilines is 1. The Kier molecular flexibility index (Phi) is 4.54. The van der Waals surface area contributed by atoms with Gasteiger partial charge in [0.2, 0.25) is 0 Å². The summed E-state index contributed by atoms with van der Waals surface area (Å²) in [7, 11) is 1.58. The van der Waals surface area contributed by atoms with Crippen LogP contribution in [0.1, 0.15) is 15.9 Å². The summed E-state index contributed by atoms with van der Waals surface area (Å²) in [6.07, 6.45) is 0. The molecule has 0 saturated carbocycles. The monoisotopic (exact) mass is 308 g/mol. The molecule has 0 aliphatic rings. The normalized spacial score (nSPS) is 10.2. The van der Waals surface area contributed by atoms with Crippen LogP contribution in [0.4, 0.5) is 14.9 Å². The van der Waals surface area contributed by atoms with E-state index in [0.717, 1.165) is 23.8 Å². The van der Waals surface area contributed by atoms with Crippen LogP contribution in [-0.4, -0.2) is 29.1 Å². The maximum atomic E-state index is 13.2. The van der Waals surface area contributed by atoms with Crippen LogP contribution in [0.3, 0.4) is 0 Å². The molecule has 5 nitrogen and oxygen atoms in total. The van der Waals surface area contributed by atoms with E-state index in [0.29, 0.717) is 6.54 Å². The number of hydrogen-bond acceptors (Lipinski definition) is 3. The van der Waals surface area contributed by atoms with Crippen LogP contribution in [0.2, 0.25) is 0 Å². The number of hydrogen-bond donors (Lipinski definition) is 2. The van der Waals surface area contributed by atoms with Gasteiger partial charge in [-0.1, -0.05) is 0 Å². The molecule has 1 heterocycles. The van der Waals surface area contributed by atoms with Gasteiger partial charge < -0.3 is 15.3 Å². The Bertz CT molecular complexity index is 658. The molecule has 0 unspecified atom stereocenters. The van der Waals surface area contributed by atoms with Gasteiger partial charge in [-0.3, -0.25) is 0 Å². The Morgan fingerprint density at radius 1 is 1.38 bits per heavy atom. The maximum absolute atomic E-state index is 13.2. The molecule has 21 heavy (non-hydrogen) atoms. The number of carbonyl (C=O) groups is 2. The summed E-state index contributed by atoms with van der Waals surface area (Å²) in [6, 6.07) is 4.52. The number of rotatable bonds is 4. The average Bonchev–Trinajstić information content (AvgIpc) is 2.91. The van der Waals surface area contributed by atoms with Crippen molar-refractivity contribution in [1.29, 1.82) is 0 Å². The molecular formula is C14H13FN2O3S. The van der Waals surface area contributed by atoms with Gasteiger partial charge in [0.05, 0.1) is 11.3 Å². The van der Waals surface area contributed by atoms with Gasteiger partial charge in [-0.05, 0) is 40.6 Å². The van der Waals surface area contributed by atoms with E-state index in [4.69, 9.17) is 5.11 Å². The number of nitrogens with one attached hydrogen (secondary N) is 1. The highest BCUT2D eigenvalue weighted by Crippen LogP contribution is 2.18. The van der Waals surface area contributed by atoms with E-state index < -0.39 is 17.8 Å². The molecule has 0 aliphatic heterocycles. The second-order valence-electron chi connectivity index (χ2n) is 4.41. The molecular weight excluding hydrogens is 295 g/mol. The third-order valence-corrected chi connectivity index (χ3v) is 3.53. The van der Waals surface area contributed by atoms with Gasteiger partial charge in [0.25, 0.3) is 0 Å². The minimum atomic E-state index is -1.23. The molecule has 0 aliphatic carbocycles. The fraction of sp³-hybridized carbons (Fsp3) is 0.143. The number of benzene rings is 1. The first-order valence-electron chi connectivity index (χ1n) is 6.03. The van der Waals surface area contributed by atoms with E-state index in [1.165, 1.54) is 16.2 Å². The lowest BCUT2D eigenvalue weighted by Crippen LogP contribution is -2.31. The number of amides is 2. The van der Waals surface area contributed by atoms with Crippen molar-refractivity contribution in [2.75, 3.05) is 12.4 Å². The molecule has 0 radical (unpaired) electrons. The van der Waals surface area contributed by atoms with Gasteiger partial charge in [0.1, 0.15) is 5.82 Å². The molecule has 1 aromatic heterocycles. The van der Waals surface area contributed by atoms with E-state index in [1.807, 2.05) is 16.8 Å². The van der Waals surface area contributed by atoms with E-state index in [2.05, 4.69) is 5.32 Å². The summed E-state index contributed by atoms with van der Waals surface area (Å²) in [5.41, 5.74) is 0.744. The lowest BCUT2D eigenvalue weighted by Gasteiger charge is -2.18. The number of urea groups is 1. The molecule has 0 fully saturated rings. The summed E-state index contributed by atoms with van der Waals surface area (Å²) in [6.45, 7) is 0.382. The second-order valence-corrected chi connectivity index (χ2v) is 5.19. The molecule has 1 aromatic carbocycles. The fourth-order valence-corrected chi connectivity index (χ4v) is 2.41. The SMILES string of the molecule is CN(Cc1ccsc1)C(=O)Nc1cc(F)ccc1C(=O)O. The third kappa shape index (κ3) is 3.79. The van der Waals surface area contributed by atoms with Crippen LogP contribution in [0, 0.1) is 5.82 Å². The van der Waals surface area contributed by atoms with Crippen LogP contribution in [0.5, 0.6) is 0 Å². The van der Waals surface area contributed by atoms with Crippen molar-refractivity contribution in [3.8, 4) is 0 Å². The van der Waals surface area contributed by atoms with Gasteiger partial charge in [-0.25, -0.2) is 14.0 Å². The van der Waals surface area contributed by atoms with Crippen LogP contribution in [0.25, 0.3) is 0 Å². The van der Waals surface area contributed by atoms with Crippen molar-refractivity contribution in [3.05, 3.63) is 52.0 Å². The van der Waals surface area contributed by atoms with Gasteiger partial charge >= 0.3 is 12.0 Å². The van der Waals surface area contributed by atoms with Crippen molar-refractivity contribution in [2.24, 2.45) is 0 Å². The smallest absolute Gasteiger partial charge is 0.337 e. The molecule has 7 heteroatoms. The first-order valence-corrected chi connectivity index (χ1v) is 6.97. The minimum absolute atomic E-state index is 0.0651. The Balaban J connectivity index is 2.11. The predicted octanol–water partition coefficient (Wildman–Crippen LogP) is 3.25. The van der Waals surface area contributed by atoms with E-state index in [-0.39, 0.29) is 11.3 Å². The topological polar surface area (TPSA) is 69.6 Å².